The minimum atomic E-state index is -0.448. The third kappa shape index (κ3) is 6.35. The fourth-order valence-electron chi connectivity index (χ4n) is 2.70. The molecule has 6 nitrogen and oxygen atoms in total. The Morgan fingerprint density at radius 1 is 1.08 bits per heavy atom. The quantitative estimate of drug-likeness (QED) is 0.591. The van der Waals surface area contributed by atoms with Gasteiger partial charge in [-0.2, -0.15) is 0 Å². The second kappa shape index (κ2) is 8.94. The van der Waals surface area contributed by atoms with Crippen LogP contribution < -0.4 is 5.32 Å². The van der Waals surface area contributed by atoms with E-state index in [-0.39, 0.29) is 24.1 Å². The molecule has 2 rings (SSSR count). The summed E-state index contributed by atoms with van der Waals surface area (Å²) in [6.45, 7) is 0.737. The van der Waals surface area contributed by atoms with Crippen molar-refractivity contribution in [2.75, 3.05) is 20.6 Å². The highest BCUT2D eigenvalue weighted by Crippen LogP contribution is 2.12. The van der Waals surface area contributed by atoms with Crippen LogP contribution >= 0.6 is 0 Å². The van der Waals surface area contributed by atoms with E-state index in [4.69, 9.17) is 0 Å². The molecule has 1 atom stereocenters. The molecule has 0 bridgehead atoms. The maximum atomic E-state index is 12.3. The average Bonchev–Trinajstić information content (AvgIpc) is 2.55. The zero-order chi connectivity index (χ0) is 18.2. The molecule has 0 aromatic heterocycles. The molecule has 25 heavy (non-hydrogen) atoms. The lowest BCUT2D eigenvalue weighted by Crippen LogP contribution is -2.43. The Morgan fingerprint density at radius 3 is 2.28 bits per heavy atom. The molecule has 0 saturated carbocycles. The van der Waals surface area contributed by atoms with E-state index in [1.54, 1.807) is 12.1 Å². The van der Waals surface area contributed by atoms with Crippen LogP contribution in [0.5, 0.6) is 0 Å². The number of likely N-dealkylation sites (N-methyl/N-ethyl adjacent to an activating group) is 1. The van der Waals surface area contributed by atoms with E-state index in [1.165, 1.54) is 17.7 Å². The Balaban J connectivity index is 1.97. The lowest BCUT2D eigenvalue weighted by atomic mass is 10.0. The Morgan fingerprint density at radius 2 is 1.72 bits per heavy atom. The normalized spacial score (nSPS) is 12.0. The second-order valence-corrected chi connectivity index (χ2v) is 6.32. The van der Waals surface area contributed by atoms with E-state index >= 15 is 0 Å². The van der Waals surface area contributed by atoms with Gasteiger partial charge < -0.3 is 10.2 Å². The van der Waals surface area contributed by atoms with Gasteiger partial charge in [-0.05, 0) is 31.6 Å². The predicted molar refractivity (Wildman–Crippen MR) is 97.4 cm³/mol. The van der Waals surface area contributed by atoms with Crippen LogP contribution in [-0.2, 0) is 17.6 Å². The molecule has 0 aliphatic heterocycles. The van der Waals surface area contributed by atoms with E-state index in [1.807, 2.05) is 49.3 Å². The average molecular weight is 341 g/mol. The van der Waals surface area contributed by atoms with Gasteiger partial charge in [0.25, 0.3) is 5.69 Å². The fraction of sp³-hybridized carbons (Fsp3) is 0.316. The van der Waals surface area contributed by atoms with Crippen LogP contribution in [0.3, 0.4) is 0 Å². The summed E-state index contributed by atoms with van der Waals surface area (Å²) in [5.41, 5.74) is 1.95. The zero-order valence-electron chi connectivity index (χ0n) is 14.5. The molecule has 6 heteroatoms. The lowest BCUT2D eigenvalue weighted by Gasteiger charge is -2.22. The summed E-state index contributed by atoms with van der Waals surface area (Å²) in [7, 11) is 3.95. The maximum Gasteiger partial charge on any atom is 0.269 e. The van der Waals surface area contributed by atoms with Gasteiger partial charge in [0.15, 0.2) is 0 Å². The van der Waals surface area contributed by atoms with Crippen molar-refractivity contribution in [2.24, 2.45) is 0 Å². The molecule has 0 saturated heterocycles. The van der Waals surface area contributed by atoms with E-state index in [0.29, 0.717) is 0 Å². The largest absolute Gasteiger partial charge is 0.351 e. The molecule has 0 spiro atoms. The number of carbonyl (C=O) groups excluding carboxylic acids is 1. The fourth-order valence-corrected chi connectivity index (χ4v) is 2.70. The van der Waals surface area contributed by atoms with Crippen LogP contribution in [0.4, 0.5) is 5.69 Å². The van der Waals surface area contributed by atoms with Crippen molar-refractivity contribution in [2.45, 2.75) is 18.9 Å². The number of amides is 1. The Bertz CT molecular complexity index is 700. The van der Waals surface area contributed by atoms with Crippen LogP contribution in [0.15, 0.2) is 54.6 Å². The van der Waals surface area contributed by atoms with Crippen molar-refractivity contribution in [1.82, 2.24) is 10.2 Å². The monoisotopic (exact) mass is 341 g/mol. The van der Waals surface area contributed by atoms with Crippen molar-refractivity contribution >= 4 is 11.6 Å². The molecule has 0 aliphatic carbocycles. The Labute approximate surface area is 147 Å². The van der Waals surface area contributed by atoms with E-state index < -0.39 is 4.92 Å². The number of nitrogens with zero attached hydrogens (tertiary/aromatic N) is 2. The van der Waals surface area contributed by atoms with Crippen molar-refractivity contribution in [3.8, 4) is 0 Å². The number of nitrogens with one attached hydrogen (secondary N) is 1. The summed E-state index contributed by atoms with van der Waals surface area (Å²) in [6, 6.07) is 16.1. The summed E-state index contributed by atoms with van der Waals surface area (Å²) in [5.74, 6) is -0.0864. The van der Waals surface area contributed by atoms with Gasteiger partial charge in [-0.25, -0.2) is 0 Å². The van der Waals surface area contributed by atoms with E-state index in [0.717, 1.165) is 18.5 Å². The minimum absolute atomic E-state index is 0.00273. The van der Waals surface area contributed by atoms with Crippen molar-refractivity contribution in [3.63, 3.8) is 0 Å². The number of carbonyl (C=O) groups is 1. The van der Waals surface area contributed by atoms with E-state index in [2.05, 4.69) is 5.32 Å². The van der Waals surface area contributed by atoms with Gasteiger partial charge in [0, 0.05) is 24.7 Å². The zero-order valence-corrected chi connectivity index (χ0v) is 14.5. The Hall–Kier alpha value is -2.73. The molecular formula is C19H23N3O3. The highest BCUT2D eigenvalue weighted by atomic mass is 16.6. The summed E-state index contributed by atoms with van der Waals surface area (Å²) < 4.78 is 0. The maximum absolute atomic E-state index is 12.3. The van der Waals surface area contributed by atoms with Crippen molar-refractivity contribution in [1.29, 1.82) is 0 Å². The Kier molecular flexibility index (Phi) is 6.65. The first-order valence-electron chi connectivity index (χ1n) is 8.15. The topological polar surface area (TPSA) is 75.5 Å². The van der Waals surface area contributed by atoms with Crippen LogP contribution in [0.1, 0.15) is 11.1 Å². The molecular weight excluding hydrogens is 318 g/mol. The van der Waals surface area contributed by atoms with Crippen molar-refractivity contribution in [3.05, 3.63) is 75.8 Å². The third-order valence-electron chi connectivity index (χ3n) is 3.79. The number of hydrogen-bond acceptors (Lipinski definition) is 4. The number of hydrogen-bond donors (Lipinski definition) is 1. The van der Waals surface area contributed by atoms with Crippen LogP contribution in [0, 0.1) is 10.1 Å². The highest BCUT2D eigenvalue weighted by Gasteiger charge is 2.15. The van der Waals surface area contributed by atoms with Gasteiger partial charge in [-0.3, -0.25) is 14.9 Å². The van der Waals surface area contributed by atoms with Crippen LogP contribution in [0.25, 0.3) is 0 Å². The van der Waals surface area contributed by atoms with Gasteiger partial charge in [-0.1, -0.05) is 42.5 Å². The van der Waals surface area contributed by atoms with Gasteiger partial charge in [0.1, 0.15) is 0 Å². The SMILES string of the molecule is CN(C)CC(Cc1ccccc1)NC(=O)Cc1ccc([N+](=O)[O-])cc1. The molecule has 0 radical (unpaired) electrons. The highest BCUT2D eigenvalue weighted by molar-refractivity contribution is 5.79. The first-order valence-corrected chi connectivity index (χ1v) is 8.15. The summed E-state index contributed by atoms with van der Waals surface area (Å²) in [5, 5.41) is 13.7. The number of non-ortho nitro benzene ring substituents is 1. The predicted octanol–water partition coefficient (Wildman–Crippen LogP) is 2.43. The molecule has 2 aromatic rings. The molecule has 0 aliphatic rings. The number of rotatable bonds is 8. The van der Waals surface area contributed by atoms with Crippen LogP contribution in [0.2, 0.25) is 0 Å². The van der Waals surface area contributed by atoms with Crippen LogP contribution in [-0.4, -0.2) is 42.4 Å². The number of nitro benzene ring substituents is 1. The number of benzene rings is 2. The smallest absolute Gasteiger partial charge is 0.269 e. The van der Waals surface area contributed by atoms with Gasteiger partial charge in [0.2, 0.25) is 5.91 Å². The second-order valence-electron chi connectivity index (χ2n) is 6.32. The summed E-state index contributed by atoms with van der Waals surface area (Å²) in [6.07, 6.45) is 0.960. The molecule has 1 amide bonds. The lowest BCUT2D eigenvalue weighted by molar-refractivity contribution is -0.384. The summed E-state index contributed by atoms with van der Waals surface area (Å²) in [4.78, 5) is 24.6. The van der Waals surface area contributed by atoms with E-state index in [9.17, 15) is 14.9 Å². The first kappa shape index (κ1) is 18.6. The molecule has 132 valence electrons. The van der Waals surface area contributed by atoms with Crippen molar-refractivity contribution < 1.29 is 9.72 Å². The first-order chi connectivity index (χ1) is 11.9. The molecule has 0 heterocycles. The minimum Gasteiger partial charge on any atom is -0.351 e. The molecule has 2 aromatic carbocycles. The molecule has 0 fully saturated rings. The molecule has 1 N–H and O–H groups in total. The van der Waals surface area contributed by atoms with Gasteiger partial charge in [0.05, 0.1) is 11.3 Å². The van der Waals surface area contributed by atoms with Gasteiger partial charge in [-0.15, -0.1) is 0 Å². The third-order valence-corrected chi connectivity index (χ3v) is 3.79. The summed E-state index contributed by atoms with van der Waals surface area (Å²) >= 11 is 0. The molecule has 1 unspecified atom stereocenters. The van der Waals surface area contributed by atoms with Gasteiger partial charge >= 0.3 is 0 Å². The number of nitro groups is 1. The standard InChI is InChI=1S/C19H23N3O3/c1-21(2)14-17(12-15-6-4-3-5-7-15)20-19(23)13-16-8-10-18(11-9-16)22(24)25/h3-11,17H,12-14H2,1-2H3,(H,20,23).